The van der Waals surface area contributed by atoms with Crippen LogP contribution in [0.15, 0.2) is 65.7 Å². The van der Waals surface area contributed by atoms with Gasteiger partial charge in [-0.05, 0) is 53.8 Å². The summed E-state index contributed by atoms with van der Waals surface area (Å²) in [5.41, 5.74) is 6.34. The second kappa shape index (κ2) is 11.0. The summed E-state index contributed by atoms with van der Waals surface area (Å²) in [6.07, 6.45) is 1.75. The number of hydrogen-bond acceptors (Lipinski definition) is 5. The van der Waals surface area contributed by atoms with Gasteiger partial charge in [-0.3, -0.25) is 15.1 Å². The largest absolute Gasteiger partial charge is 0.478 e. The monoisotopic (exact) mass is 499 g/mol. The van der Waals surface area contributed by atoms with Gasteiger partial charge in [0, 0.05) is 30.6 Å². The summed E-state index contributed by atoms with van der Waals surface area (Å²) >= 11 is 0. The van der Waals surface area contributed by atoms with Gasteiger partial charge in [0.25, 0.3) is 6.54 Å². The van der Waals surface area contributed by atoms with Crippen LogP contribution < -0.4 is 5.32 Å². The summed E-state index contributed by atoms with van der Waals surface area (Å²) in [7, 11) is 1.53. The molecule has 4 aromatic rings. The van der Waals surface area contributed by atoms with Gasteiger partial charge in [0.2, 0.25) is 0 Å². The van der Waals surface area contributed by atoms with Crippen LogP contribution in [-0.4, -0.2) is 45.0 Å². The number of rotatable bonds is 9. The molecule has 0 saturated carbocycles. The zero-order valence-corrected chi connectivity index (χ0v) is 21.1. The molecule has 4 rings (SSSR count). The highest BCUT2D eigenvalue weighted by molar-refractivity contribution is 5.98. The molecule has 190 valence electrons. The third kappa shape index (κ3) is 5.66. The number of hydrogen-bond donors (Lipinski definition) is 2. The first-order valence-electron chi connectivity index (χ1n) is 12.1. The van der Waals surface area contributed by atoms with Crippen LogP contribution in [0.2, 0.25) is 0 Å². The van der Waals surface area contributed by atoms with E-state index in [4.69, 9.17) is 4.98 Å². The minimum atomic E-state index is -0.956. The van der Waals surface area contributed by atoms with Crippen LogP contribution in [0.25, 0.3) is 22.2 Å². The van der Waals surface area contributed by atoms with Gasteiger partial charge in [-0.25, -0.2) is 9.78 Å². The van der Waals surface area contributed by atoms with E-state index in [1.165, 1.54) is 7.05 Å². The van der Waals surface area contributed by atoms with E-state index in [0.29, 0.717) is 12.1 Å². The van der Waals surface area contributed by atoms with E-state index in [9.17, 15) is 20.0 Å². The summed E-state index contributed by atoms with van der Waals surface area (Å²) in [5, 5.41) is 23.6. The zero-order chi connectivity index (χ0) is 26.5. The van der Waals surface area contributed by atoms with Crippen molar-refractivity contribution >= 4 is 28.5 Å². The maximum absolute atomic E-state index is 11.6. The first kappa shape index (κ1) is 25.6. The minimum Gasteiger partial charge on any atom is -0.478 e. The van der Waals surface area contributed by atoms with Crippen molar-refractivity contribution in [2.24, 2.45) is 4.99 Å². The average molecular weight is 500 g/mol. The Morgan fingerprint density at radius 2 is 1.89 bits per heavy atom. The Labute approximate surface area is 214 Å². The van der Waals surface area contributed by atoms with Gasteiger partial charge in [0.1, 0.15) is 5.82 Å². The lowest BCUT2D eigenvalue weighted by Crippen LogP contribution is -2.22. The first-order valence-corrected chi connectivity index (χ1v) is 12.1. The summed E-state index contributed by atoms with van der Waals surface area (Å²) in [6.45, 7) is 4.29. The topological polar surface area (TPSA) is 123 Å². The van der Waals surface area contributed by atoms with Crippen molar-refractivity contribution in [3.05, 3.63) is 93.3 Å². The van der Waals surface area contributed by atoms with Gasteiger partial charge in [-0.2, -0.15) is 0 Å². The molecule has 0 aliphatic carbocycles. The molecule has 2 N–H and O–H groups in total. The molecule has 0 atom stereocenters. The average Bonchev–Trinajstić information content (AvgIpc) is 3.21. The van der Waals surface area contributed by atoms with Gasteiger partial charge in [-0.1, -0.05) is 49.4 Å². The van der Waals surface area contributed by atoms with E-state index in [2.05, 4.69) is 21.8 Å². The van der Waals surface area contributed by atoms with Crippen molar-refractivity contribution in [1.82, 2.24) is 9.55 Å². The van der Waals surface area contributed by atoms with E-state index in [0.717, 1.165) is 52.1 Å². The van der Waals surface area contributed by atoms with Crippen molar-refractivity contribution in [3.8, 4) is 11.1 Å². The highest BCUT2D eigenvalue weighted by Crippen LogP contribution is 2.28. The number of carbonyl (C=O) groups is 1. The van der Waals surface area contributed by atoms with Crippen LogP contribution in [0.3, 0.4) is 0 Å². The number of aromatic nitrogens is 2. The number of aromatic carboxylic acids is 1. The van der Waals surface area contributed by atoms with Gasteiger partial charge < -0.3 is 15.0 Å². The van der Waals surface area contributed by atoms with Crippen molar-refractivity contribution in [3.63, 3.8) is 0 Å². The predicted molar refractivity (Wildman–Crippen MR) is 145 cm³/mol. The Bertz CT molecular complexity index is 1490. The Morgan fingerprint density at radius 1 is 1.16 bits per heavy atom. The number of carboxylic acids is 1. The Morgan fingerprint density at radius 3 is 2.54 bits per heavy atom. The molecule has 0 saturated heterocycles. The molecule has 0 fully saturated rings. The number of carboxylic acid groups (broad SMARTS) is 1. The molecule has 0 aliphatic rings. The summed E-state index contributed by atoms with van der Waals surface area (Å²) in [4.78, 5) is 31.1. The van der Waals surface area contributed by atoms with Crippen molar-refractivity contribution in [2.75, 3.05) is 18.9 Å². The van der Waals surface area contributed by atoms with Crippen molar-refractivity contribution in [2.45, 2.75) is 33.2 Å². The molecule has 0 aliphatic heterocycles. The standard InChI is InChI=1S/C28H29N5O4/c1-4-7-26-31-27-18(2)14-21(30-25(29-3)17-33(36)37)15-24(27)32(26)16-19-10-12-20(13-11-19)22-8-5-6-9-23(22)28(34)35/h5-6,8-15H,4,7,16-17H2,1-3H3,(H,29,30)(H,34,35). The number of nitrogens with one attached hydrogen (secondary N) is 1. The fraction of sp³-hybridized carbons (Fsp3) is 0.250. The van der Waals surface area contributed by atoms with Crippen LogP contribution >= 0.6 is 0 Å². The van der Waals surface area contributed by atoms with Crippen LogP contribution in [0.5, 0.6) is 0 Å². The molecule has 3 aromatic carbocycles. The fourth-order valence-corrected chi connectivity index (χ4v) is 4.45. The van der Waals surface area contributed by atoms with E-state index in [-0.39, 0.29) is 17.9 Å². The second-order valence-corrected chi connectivity index (χ2v) is 8.86. The molecular formula is C28H29N5O4. The zero-order valence-electron chi connectivity index (χ0n) is 21.1. The molecular weight excluding hydrogens is 470 g/mol. The number of benzene rings is 3. The fourth-order valence-electron chi connectivity index (χ4n) is 4.45. The number of nitro groups is 1. The van der Waals surface area contributed by atoms with Crippen LogP contribution in [-0.2, 0) is 13.0 Å². The minimum absolute atomic E-state index is 0.267. The lowest BCUT2D eigenvalue weighted by Gasteiger charge is -2.12. The molecule has 0 unspecified atom stereocenters. The molecule has 9 nitrogen and oxygen atoms in total. The van der Waals surface area contributed by atoms with E-state index >= 15 is 0 Å². The Kier molecular flexibility index (Phi) is 7.62. The highest BCUT2D eigenvalue weighted by Gasteiger charge is 2.16. The first-order chi connectivity index (χ1) is 17.8. The van der Waals surface area contributed by atoms with Gasteiger partial charge in [0.05, 0.1) is 16.6 Å². The van der Waals surface area contributed by atoms with E-state index in [1.807, 2.05) is 55.5 Å². The summed E-state index contributed by atoms with van der Waals surface area (Å²) in [6, 6.07) is 18.7. The number of amidine groups is 1. The molecule has 37 heavy (non-hydrogen) atoms. The van der Waals surface area contributed by atoms with Gasteiger partial charge in [0.15, 0.2) is 5.84 Å². The van der Waals surface area contributed by atoms with E-state index in [1.54, 1.807) is 12.1 Å². The predicted octanol–water partition coefficient (Wildman–Crippen LogP) is 5.43. The molecule has 0 amide bonds. The molecule has 0 bridgehead atoms. The Balaban J connectivity index is 1.70. The molecule has 1 heterocycles. The van der Waals surface area contributed by atoms with Gasteiger partial charge >= 0.3 is 5.97 Å². The van der Waals surface area contributed by atoms with Crippen LogP contribution in [0, 0.1) is 17.0 Å². The van der Waals surface area contributed by atoms with Gasteiger partial charge in [-0.15, -0.1) is 0 Å². The maximum atomic E-state index is 11.6. The smallest absolute Gasteiger partial charge is 0.336 e. The third-order valence-electron chi connectivity index (χ3n) is 6.20. The molecule has 9 heteroatoms. The molecule has 0 spiro atoms. The van der Waals surface area contributed by atoms with Crippen molar-refractivity contribution < 1.29 is 14.8 Å². The van der Waals surface area contributed by atoms with Crippen LogP contribution in [0.1, 0.15) is 40.7 Å². The number of aryl methyl sites for hydroxylation is 2. The van der Waals surface area contributed by atoms with Crippen LogP contribution in [0.4, 0.5) is 5.69 Å². The lowest BCUT2D eigenvalue weighted by molar-refractivity contribution is -0.463. The molecule has 0 radical (unpaired) electrons. The maximum Gasteiger partial charge on any atom is 0.336 e. The second-order valence-electron chi connectivity index (χ2n) is 8.86. The quantitative estimate of drug-likeness (QED) is 0.137. The number of anilines is 1. The number of nitrogens with zero attached hydrogens (tertiary/aromatic N) is 4. The normalized spacial score (nSPS) is 11.6. The number of fused-ring (bicyclic) bond motifs is 1. The Hall–Kier alpha value is -4.53. The summed E-state index contributed by atoms with van der Waals surface area (Å²) in [5.74, 6) is 0.289. The third-order valence-corrected chi connectivity index (χ3v) is 6.20. The van der Waals surface area contributed by atoms with Crippen molar-refractivity contribution in [1.29, 1.82) is 0 Å². The number of imidazole rings is 1. The highest BCUT2D eigenvalue weighted by atomic mass is 16.6. The number of aliphatic imine (C=N–C) groups is 1. The molecule has 1 aromatic heterocycles. The lowest BCUT2D eigenvalue weighted by atomic mass is 9.99. The van der Waals surface area contributed by atoms with E-state index < -0.39 is 10.9 Å². The SMILES string of the molecule is CCCc1nc2c(C)cc(NC(C[N+](=O)[O-])=NC)cc2n1Cc1ccc(-c2ccccc2C(=O)O)cc1. The summed E-state index contributed by atoms with van der Waals surface area (Å²) < 4.78 is 2.17.